The minimum absolute atomic E-state index is 0.0827. The topological polar surface area (TPSA) is 88.2 Å². The van der Waals surface area contributed by atoms with Crippen molar-refractivity contribution < 1.29 is 23.9 Å². The Labute approximate surface area is 171 Å². The first-order valence-electron chi connectivity index (χ1n) is 10.0. The number of morpholine rings is 1. The Bertz CT molecular complexity index is 768. The molecule has 2 heterocycles. The zero-order valence-electron chi connectivity index (χ0n) is 17.3. The Balaban J connectivity index is 1.65. The highest BCUT2D eigenvalue weighted by atomic mass is 16.6. The van der Waals surface area contributed by atoms with E-state index >= 15 is 0 Å². The summed E-state index contributed by atoms with van der Waals surface area (Å²) in [6, 6.07) is 6.30. The van der Waals surface area contributed by atoms with Crippen molar-refractivity contribution in [2.45, 2.75) is 45.3 Å². The molecular formula is C21H29N3O5. The van der Waals surface area contributed by atoms with Crippen LogP contribution in [0.2, 0.25) is 0 Å². The standard InChI is InChI=1S/C21H29N3O5/c1-21(2,3)29-20(27)24-9-5-8-17(24)18(25)22-16-7-4-6-15(14-16)19(26)23-10-12-28-13-11-23/h4,6-7,14,17H,5,8-13H2,1-3H3,(H,22,25). The van der Waals surface area contributed by atoms with Gasteiger partial charge in [-0.2, -0.15) is 0 Å². The van der Waals surface area contributed by atoms with E-state index in [-0.39, 0.29) is 11.8 Å². The highest BCUT2D eigenvalue weighted by Gasteiger charge is 2.36. The maximum absolute atomic E-state index is 12.8. The summed E-state index contributed by atoms with van der Waals surface area (Å²) in [4.78, 5) is 41.1. The van der Waals surface area contributed by atoms with Gasteiger partial charge in [-0.1, -0.05) is 6.07 Å². The van der Waals surface area contributed by atoms with Gasteiger partial charge in [0, 0.05) is 30.9 Å². The number of rotatable bonds is 3. The molecule has 1 atom stereocenters. The zero-order valence-corrected chi connectivity index (χ0v) is 17.3. The lowest BCUT2D eigenvalue weighted by molar-refractivity contribution is -0.120. The van der Waals surface area contributed by atoms with Crippen LogP contribution in [0.5, 0.6) is 0 Å². The average Bonchev–Trinajstić information content (AvgIpc) is 3.17. The number of nitrogens with zero attached hydrogens (tertiary/aromatic N) is 2. The number of carbonyl (C=O) groups is 3. The Morgan fingerprint density at radius 1 is 1.14 bits per heavy atom. The molecule has 8 heteroatoms. The summed E-state index contributed by atoms with van der Waals surface area (Å²) < 4.78 is 10.7. The molecule has 8 nitrogen and oxygen atoms in total. The van der Waals surface area contributed by atoms with Crippen LogP contribution in [0, 0.1) is 0 Å². The molecule has 0 bridgehead atoms. The predicted octanol–water partition coefficient (Wildman–Crippen LogP) is 2.50. The number of benzene rings is 1. The highest BCUT2D eigenvalue weighted by Crippen LogP contribution is 2.23. The molecule has 3 rings (SSSR count). The van der Waals surface area contributed by atoms with Crippen molar-refractivity contribution in [2.24, 2.45) is 0 Å². The lowest BCUT2D eigenvalue weighted by Crippen LogP contribution is -2.45. The first-order valence-corrected chi connectivity index (χ1v) is 10.0. The minimum Gasteiger partial charge on any atom is -0.444 e. The average molecular weight is 403 g/mol. The van der Waals surface area contributed by atoms with Crippen LogP contribution < -0.4 is 5.32 Å². The second kappa shape index (κ2) is 8.82. The van der Waals surface area contributed by atoms with Crippen LogP contribution in [-0.4, -0.2) is 72.2 Å². The maximum atomic E-state index is 12.8. The van der Waals surface area contributed by atoms with Gasteiger partial charge < -0.3 is 19.7 Å². The van der Waals surface area contributed by atoms with Gasteiger partial charge in [-0.25, -0.2) is 4.79 Å². The van der Waals surface area contributed by atoms with Gasteiger partial charge >= 0.3 is 6.09 Å². The van der Waals surface area contributed by atoms with Gasteiger partial charge in [-0.15, -0.1) is 0 Å². The van der Waals surface area contributed by atoms with Crippen LogP contribution in [0.15, 0.2) is 24.3 Å². The lowest BCUT2D eigenvalue weighted by Gasteiger charge is -2.28. The molecule has 1 aromatic rings. The second-order valence-electron chi connectivity index (χ2n) is 8.31. The van der Waals surface area contributed by atoms with Crippen molar-refractivity contribution in [3.8, 4) is 0 Å². The first kappa shape index (κ1) is 21.1. The van der Waals surface area contributed by atoms with E-state index in [2.05, 4.69) is 5.32 Å². The number of anilines is 1. The summed E-state index contributed by atoms with van der Waals surface area (Å²) in [5.74, 6) is -0.357. The number of carbonyl (C=O) groups excluding carboxylic acids is 3. The third-order valence-electron chi connectivity index (χ3n) is 4.86. The molecule has 29 heavy (non-hydrogen) atoms. The molecule has 0 saturated carbocycles. The molecule has 1 aromatic carbocycles. The molecule has 2 aliphatic rings. The van der Waals surface area contributed by atoms with E-state index in [1.807, 2.05) is 0 Å². The van der Waals surface area contributed by atoms with Gasteiger partial charge in [0.25, 0.3) is 5.91 Å². The van der Waals surface area contributed by atoms with E-state index in [4.69, 9.17) is 9.47 Å². The molecule has 0 aliphatic carbocycles. The van der Waals surface area contributed by atoms with Gasteiger partial charge in [-0.3, -0.25) is 14.5 Å². The molecule has 158 valence electrons. The van der Waals surface area contributed by atoms with Crippen molar-refractivity contribution >= 4 is 23.6 Å². The van der Waals surface area contributed by atoms with E-state index in [0.29, 0.717) is 50.5 Å². The monoisotopic (exact) mass is 403 g/mol. The number of amides is 3. The van der Waals surface area contributed by atoms with Crippen LogP contribution in [0.3, 0.4) is 0 Å². The fraction of sp³-hybridized carbons (Fsp3) is 0.571. The van der Waals surface area contributed by atoms with Gasteiger partial charge in [0.05, 0.1) is 13.2 Å². The Morgan fingerprint density at radius 3 is 2.55 bits per heavy atom. The molecule has 2 aliphatic heterocycles. The molecule has 0 aromatic heterocycles. The van der Waals surface area contributed by atoms with Crippen molar-refractivity contribution in [1.29, 1.82) is 0 Å². The quantitative estimate of drug-likeness (QED) is 0.838. The van der Waals surface area contributed by atoms with E-state index in [9.17, 15) is 14.4 Å². The number of hydrogen-bond donors (Lipinski definition) is 1. The Morgan fingerprint density at radius 2 is 1.86 bits per heavy atom. The second-order valence-corrected chi connectivity index (χ2v) is 8.31. The summed E-state index contributed by atoms with van der Waals surface area (Å²) in [7, 11) is 0. The zero-order chi connectivity index (χ0) is 21.0. The summed E-state index contributed by atoms with van der Waals surface area (Å²) in [6.45, 7) is 8.06. The van der Waals surface area contributed by atoms with Gasteiger partial charge in [0.2, 0.25) is 5.91 Å². The van der Waals surface area contributed by atoms with Crippen molar-refractivity contribution in [3.63, 3.8) is 0 Å². The van der Waals surface area contributed by atoms with Crippen LogP contribution in [0.1, 0.15) is 44.0 Å². The highest BCUT2D eigenvalue weighted by molar-refractivity contribution is 5.99. The minimum atomic E-state index is -0.616. The van der Waals surface area contributed by atoms with Crippen molar-refractivity contribution in [3.05, 3.63) is 29.8 Å². The van der Waals surface area contributed by atoms with Gasteiger partial charge in [0.1, 0.15) is 11.6 Å². The third-order valence-corrected chi connectivity index (χ3v) is 4.86. The molecule has 0 spiro atoms. The lowest BCUT2D eigenvalue weighted by atomic mass is 10.1. The number of nitrogens with one attached hydrogen (secondary N) is 1. The summed E-state index contributed by atoms with van der Waals surface area (Å²) >= 11 is 0. The van der Waals surface area contributed by atoms with Gasteiger partial charge in [-0.05, 0) is 51.8 Å². The number of hydrogen-bond acceptors (Lipinski definition) is 5. The van der Waals surface area contributed by atoms with Crippen molar-refractivity contribution in [1.82, 2.24) is 9.80 Å². The van der Waals surface area contributed by atoms with Crippen LogP contribution in [0.25, 0.3) is 0 Å². The maximum Gasteiger partial charge on any atom is 0.410 e. The number of ether oxygens (including phenoxy) is 2. The largest absolute Gasteiger partial charge is 0.444 e. The predicted molar refractivity (Wildman–Crippen MR) is 108 cm³/mol. The van der Waals surface area contributed by atoms with Crippen LogP contribution in [-0.2, 0) is 14.3 Å². The fourth-order valence-corrected chi connectivity index (χ4v) is 3.48. The molecule has 2 saturated heterocycles. The number of likely N-dealkylation sites (tertiary alicyclic amines) is 1. The molecule has 1 unspecified atom stereocenters. The summed E-state index contributed by atoms with van der Waals surface area (Å²) in [5, 5.41) is 2.85. The Kier molecular flexibility index (Phi) is 6.42. The molecule has 2 fully saturated rings. The molecule has 1 N–H and O–H groups in total. The first-order chi connectivity index (χ1) is 13.7. The fourth-order valence-electron chi connectivity index (χ4n) is 3.48. The van der Waals surface area contributed by atoms with E-state index in [1.54, 1.807) is 49.9 Å². The van der Waals surface area contributed by atoms with Gasteiger partial charge in [0.15, 0.2) is 0 Å². The van der Waals surface area contributed by atoms with E-state index < -0.39 is 17.7 Å². The van der Waals surface area contributed by atoms with Crippen molar-refractivity contribution in [2.75, 3.05) is 38.2 Å². The summed E-state index contributed by atoms with van der Waals surface area (Å²) in [6.07, 6.45) is 0.844. The van der Waals surface area contributed by atoms with Crippen LogP contribution >= 0.6 is 0 Å². The summed E-state index contributed by atoms with van der Waals surface area (Å²) in [5.41, 5.74) is 0.430. The smallest absolute Gasteiger partial charge is 0.410 e. The van der Waals surface area contributed by atoms with Crippen LogP contribution in [0.4, 0.5) is 10.5 Å². The third kappa shape index (κ3) is 5.47. The molecular weight excluding hydrogens is 374 g/mol. The Hall–Kier alpha value is -2.61. The molecule has 0 radical (unpaired) electrons. The normalized spacial score (nSPS) is 19.8. The van der Waals surface area contributed by atoms with E-state index in [1.165, 1.54) is 4.90 Å². The SMILES string of the molecule is CC(C)(C)OC(=O)N1CCCC1C(=O)Nc1cccc(C(=O)N2CCOCC2)c1. The van der Waals surface area contributed by atoms with E-state index in [0.717, 1.165) is 6.42 Å². The molecule has 3 amide bonds.